The van der Waals surface area contributed by atoms with Crippen molar-refractivity contribution < 1.29 is 18.7 Å². The number of halogens is 2. The van der Waals surface area contributed by atoms with E-state index >= 15 is 0 Å². The number of rotatable bonds is 3. The number of H-pyrrole nitrogens is 1. The average molecular weight is 243 g/mol. The van der Waals surface area contributed by atoms with Crippen LogP contribution in [0.15, 0.2) is 23.0 Å². The second kappa shape index (κ2) is 4.05. The minimum absolute atomic E-state index is 0.0126. The molecule has 0 amide bonds. The van der Waals surface area contributed by atoms with Crippen LogP contribution in [0.3, 0.4) is 0 Å². The van der Waals surface area contributed by atoms with E-state index in [4.69, 9.17) is 5.11 Å². The number of hydrogen-bond acceptors (Lipinski definition) is 2. The first kappa shape index (κ1) is 10.8. The number of aromatic amines is 1. The predicted molar refractivity (Wildman–Crippen MR) is 56.0 cm³/mol. The van der Waals surface area contributed by atoms with Crippen LogP contribution in [0.2, 0.25) is 0 Å². The van der Waals surface area contributed by atoms with Crippen LogP contribution in [0.4, 0.5) is 8.78 Å². The molecular weight excluding hydrogens is 236 g/mol. The summed E-state index contributed by atoms with van der Waals surface area (Å²) in [5.41, 5.74) is 0.764. The zero-order valence-electron chi connectivity index (χ0n) is 7.91. The smallest absolute Gasteiger partial charge is 0.352 e. The van der Waals surface area contributed by atoms with Crippen LogP contribution in [-0.4, -0.2) is 16.1 Å². The molecule has 0 atom stereocenters. The number of carbonyl (C=O) groups is 1. The van der Waals surface area contributed by atoms with Gasteiger partial charge in [0.25, 0.3) is 6.43 Å². The first-order chi connectivity index (χ1) is 7.59. The van der Waals surface area contributed by atoms with Crippen molar-refractivity contribution in [3.63, 3.8) is 0 Å². The Kier molecular flexibility index (Phi) is 2.74. The Labute approximate surface area is 93.4 Å². The largest absolute Gasteiger partial charge is 0.477 e. The number of carboxylic acid groups (broad SMARTS) is 1. The van der Waals surface area contributed by atoms with Gasteiger partial charge in [-0.05, 0) is 11.4 Å². The van der Waals surface area contributed by atoms with Crippen LogP contribution >= 0.6 is 11.3 Å². The van der Waals surface area contributed by atoms with Gasteiger partial charge < -0.3 is 10.1 Å². The van der Waals surface area contributed by atoms with Crippen molar-refractivity contribution >= 4 is 17.3 Å². The molecule has 3 nitrogen and oxygen atoms in total. The number of aromatic nitrogens is 1. The number of thiophene rings is 1. The summed E-state index contributed by atoms with van der Waals surface area (Å²) in [6.45, 7) is 0. The minimum Gasteiger partial charge on any atom is -0.477 e. The molecule has 2 aromatic rings. The maximum atomic E-state index is 12.6. The standard InChI is InChI=1S/C10H7F2NO2S/c11-9(12)7-4-16-3-6(7)5-1-8(10(14)15)13-2-5/h1-4,9,13H,(H,14,15). The van der Waals surface area contributed by atoms with E-state index in [1.54, 1.807) is 5.38 Å². The van der Waals surface area contributed by atoms with Crippen molar-refractivity contribution in [1.29, 1.82) is 0 Å². The number of aromatic carboxylic acids is 1. The quantitative estimate of drug-likeness (QED) is 0.868. The molecule has 0 spiro atoms. The lowest BCUT2D eigenvalue weighted by Crippen LogP contribution is -1.94. The van der Waals surface area contributed by atoms with Gasteiger partial charge in [0, 0.05) is 28.3 Å². The van der Waals surface area contributed by atoms with E-state index in [2.05, 4.69) is 4.98 Å². The molecule has 0 aliphatic heterocycles. The van der Waals surface area contributed by atoms with Gasteiger partial charge in [0.15, 0.2) is 0 Å². The Morgan fingerprint density at radius 2 is 2.19 bits per heavy atom. The molecule has 0 aliphatic carbocycles. The molecule has 6 heteroatoms. The molecule has 0 bridgehead atoms. The fraction of sp³-hybridized carbons (Fsp3) is 0.100. The number of alkyl halides is 2. The van der Waals surface area contributed by atoms with E-state index in [1.807, 2.05) is 0 Å². The summed E-state index contributed by atoms with van der Waals surface area (Å²) in [5, 5.41) is 11.6. The molecule has 0 saturated heterocycles. The first-order valence-electron chi connectivity index (χ1n) is 4.36. The van der Waals surface area contributed by atoms with Crippen molar-refractivity contribution in [3.05, 3.63) is 34.3 Å². The van der Waals surface area contributed by atoms with Crippen LogP contribution in [-0.2, 0) is 0 Å². The number of hydrogen-bond donors (Lipinski definition) is 2. The first-order valence-corrected chi connectivity index (χ1v) is 5.30. The molecule has 0 unspecified atom stereocenters. The highest BCUT2D eigenvalue weighted by Gasteiger charge is 2.17. The van der Waals surface area contributed by atoms with E-state index in [9.17, 15) is 13.6 Å². The summed E-state index contributed by atoms with van der Waals surface area (Å²) in [4.78, 5) is 13.1. The third-order valence-corrected chi connectivity index (χ3v) is 2.91. The van der Waals surface area contributed by atoms with Gasteiger partial charge in [-0.3, -0.25) is 0 Å². The van der Waals surface area contributed by atoms with E-state index < -0.39 is 12.4 Å². The van der Waals surface area contributed by atoms with Gasteiger partial charge in [-0.15, -0.1) is 0 Å². The Bertz CT molecular complexity index is 518. The van der Waals surface area contributed by atoms with Crippen LogP contribution in [0.5, 0.6) is 0 Å². The summed E-state index contributed by atoms with van der Waals surface area (Å²) in [6, 6.07) is 1.34. The molecule has 0 radical (unpaired) electrons. The minimum atomic E-state index is -2.55. The van der Waals surface area contributed by atoms with Gasteiger partial charge in [-0.25, -0.2) is 13.6 Å². The summed E-state index contributed by atoms with van der Waals surface area (Å²) >= 11 is 1.17. The highest BCUT2D eigenvalue weighted by molar-refractivity contribution is 7.08. The lowest BCUT2D eigenvalue weighted by molar-refractivity contribution is 0.0691. The molecule has 84 valence electrons. The van der Waals surface area contributed by atoms with E-state index in [0.717, 1.165) is 0 Å². The second-order valence-corrected chi connectivity index (χ2v) is 3.89. The van der Waals surface area contributed by atoms with Gasteiger partial charge in [-0.2, -0.15) is 11.3 Å². The van der Waals surface area contributed by atoms with Gasteiger partial charge in [0.1, 0.15) is 5.69 Å². The highest BCUT2D eigenvalue weighted by Crippen LogP contribution is 2.34. The molecule has 16 heavy (non-hydrogen) atoms. The molecule has 2 N–H and O–H groups in total. The Hall–Kier alpha value is -1.69. The van der Waals surface area contributed by atoms with Gasteiger partial charge in [0.2, 0.25) is 0 Å². The van der Waals surface area contributed by atoms with Gasteiger partial charge >= 0.3 is 5.97 Å². The molecule has 0 saturated carbocycles. The zero-order valence-corrected chi connectivity index (χ0v) is 8.72. The number of carboxylic acids is 1. The van der Waals surface area contributed by atoms with Gasteiger partial charge in [0.05, 0.1) is 0 Å². The molecule has 0 fully saturated rings. The molecule has 0 aliphatic rings. The molecule has 2 rings (SSSR count). The van der Waals surface area contributed by atoms with Gasteiger partial charge in [-0.1, -0.05) is 0 Å². The zero-order chi connectivity index (χ0) is 11.7. The van der Waals surface area contributed by atoms with E-state index in [-0.39, 0.29) is 11.3 Å². The highest BCUT2D eigenvalue weighted by atomic mass is 32.1. The average Bonchev–Trinajstić information content (AvgIpc) is 2.86. The van der Waals surface area contributed by atoms with Crippen molar-refractivity contribution in [1.82, 2.24) is 4.98 Å². The SMILES string of the molecule is O=C(O)c1cc(-c2cscc2C(F)F)c[nH]1. The molecule has 2 aromatic heterocycles. The maximum absolute atomic E-state index is 12.6. The fourth-order valence-corrected chi connectivity index (χ4v) is 2.24. The van der Waals surface area contributed by atoms with Crippen LogP contribution in [0, 0.1) is 0 Å². The third kappa shape index (κ3) is 1.83. The summed E-state index contributed by atoms with van der Waals surface area (Å²) in [7, 11) is 0. The Balaban J connectivity index is 2.42. The van der Waals surface area contributed by atoms with Crippen LogP contribution in [0.25, 0.3) is 11.1 Å². The molecule has 0 aromatic carbocycles. The van der Waals surface area contributed by atoms with Crippen molar-refractivity contribution in [2.24, 2.45) is 0 Å². The lowest BCUT2D eigenvalue weighted by atomic mass is 10.1. The lowest BCUT2D eigenvalue weighted by Gasteiger charge is -1.99. The van der Waals surface area contributed by atoms with E-state index in [0.29, 0.717) is 11.1 Å². The summed E-state index contributed by atoms with van der Waals surface area (Å²) < 4.78 is 25.2. The topological polar surface area (TPSA) is 53.1 Å². The maximum Gasteiger partial charge on any atom is 0.352 e. The summed E-state index contributed by atoms with van der Waals surface area (Å²) in [6.07, 6.45) is -1.14. The Morgan fingerprint density at radius 3 is 2.75 bits per heavy atom. The van der Waals surface area contributed by atoms with Crippen molar-refractivity contribution in [2.45, 2.75) is 6.43 Å². The van der Waals surface area contributed by atoms with Crippen LogP contribution < -0.4 is 0 Å². The molecular formula is C10H7F2NO2S. The van der Waals surface area contributed by atoms with Crippen LogP contribution in [0.1, 0.15) is 22.5 Å². The second-order valence-electron chi connectivity index (χ2n) is 3.15. The van der Waals surface area contributed by atoms with Crippen molar-refractivity contribution in [2.75, 3.05) is 0 Å². The predicted octanol–water partition coefficient (Wildman–Crippen LogP) is 3.38. The molecule has 2 heterocycles. The monoisotopic (exact) mass is 243 g/mol. The van der Waals surface area contributed by atoms with Crippen molar-refractivity contribution in [3.8, 4) is 11.1 Å². The van der Waals surface area contributed by atoms with E-state index in [1.165, 1.54) is 29.0 Å². The third-order valence-electron chi connectivity index (χ3n) is 2.15. The number of nitrogens with one attached hydrogen (secondary N) is 1. The normalized spacial score (nSPS) is 10.9. The summed E-state index contributed by atoms with van der Waals surface area (Å²) in [5.74, 6) is -1.11. The Morgan fingerprint density at radius 1 is 1.44 bits per heavy atom. The fourth-order valence-electron chi connectivity index (χ4n) is 1.38.